The molecule has 2 unspecified atom stereocenters. The molecule has 1 heterocycles. The first-order valence-electron chi connectivity index (χ1n) is 6.37. The number of benzene rings is 1. The SMILES string of the molecule is COc1ccc(Cl)cc1CN1C(=O)C(C)NC(=O)C1C. The molecule has 0 aromatic heterocycles. The van der Waals surface area contributed by atoms with Crippen LogP contribution in [0.25, 0.3) is 0 Å². The highest BCUT2D eigenvalue weighted by atomic mass is 35.5. The molecule has 2 atom stereocenters. The maximum atomic E-state index is 12.2. The normalized spacial score (nSPS) is 22.7. The Morgan fingerprint density at radius 1 is 1.35 bits per heavy atom. The summed E-state index contributed by atoms with van der Waals surface area (Å²) in [5, 5.41) is 3.21. The number of nitrogens with zero attached hydrogens (tertiary/aromatic N) is 1. The maximum absolute atomic E-state index is 12.2. The molecule has 1 aromatic rings. The number of nitrogens with one attached hydrogen (secondary N) is 1. The quantitative estimate of drug-likeness (QED) is 0.921. The van der Waals surface area contributed by atoms with Crippen molar-refractivity contribution in [3.8, 4) is 5.75 Å². The zero-order valence-corrected chi connectivity index (χ0v) is 12.4. The lowest BCUT2D eigenvalue weighted by atomic mass is 10.1. The fourth-order valence-corrected chi connectivity index (χ4v) is 2.44. The summed E-state index contributed by atoms with van der Waals surface area (Å²) >= 11 is 5.98. The number of halogens is 1. The van der Waals surface area contributed by atoms with Gasteiger partial charge in [-0.05, 0) is 32.0 Å². The third-order valence-corrected chi connectivity index (χ3v) is 3.68. The van der Waals surface area contributed by atoms with Crippen LogP contribution in [-0.4, -0.2) is 35.9 Å². The van der Waals surface area contributed by atoms with Crippen LogP contribution in [0.15, 0.2) is 18.2 Å². The van der Waals surface area contributed by atoms with Crippen LogP contribution in [0.2, 0.25) is 5.02 Å². The van der Waals surface area contributed by atoms with Crippen molar-refractivity contribution in [1.82, 2.24) is 10.2 Å². The first kappa shape index (κ1) is 14.7. The van der Waals surface area contributed by atoms with Gasteiger partial charge in [-0.25, -0.2) is 0 Å². The minimum atomic E-state index is -0.512. The van der Waals surface area contributed by atoms with Gasteiger partial charge in [0.25, 0.3) is 0 Å². The number of hydrogen-bond donors (Lipinski definition) is 1. The smallest absolute Gasteiger partial charge is 0.245 e. The number of methoxy groups -OCH3 is 1. The summed E-state index contributed by atoms with van der Waals surface area (Å²) < 4.78 is 5.27. The Kier molecular flexibility index (Phi) is 4.18. The van der Waals surface area contributed by atoms with Crippen molar-refractivity contribution in [3.05, 3.63) is 28.8 Å². The predicted octanol–water partition coefficient (Wildman–Crippen LogP) is 1.58. The maximum Gasteiger partial charge on any atom is 0.245 e. The van der Waals surface area contributed by atoms with Crippen LogP contribution in [0.3, 0.4) is 0 Å². The molecule has 1 aliphatic heterocycles. The number of amides is 2. The molecule has 108 valence electrons. The van der Waals surface area contributed by atoms with E-state index in [1.54, 1.807) is 39.2 Å². The fourth-order valence-electron chi connectivity index (χ4n) is 2.25. The molecule has 5 nitrogen and oxygen atoms in total. The lowest BCUT2D eigenvalue weighted by molar-refractivity contribution is -0.148. The van der Waals surface area contributed by atoms with Crippen molar-refractivity contribution in [3.63, 3.8) is 0 Å². The summed E-state index contributed by atoms with van der Waals surface area (Å²) in [6.07, 6.45) is 0. The van der Waals surface area contributed by atoms with Crippen LogP contribution in [0.1, 0.15) is 19.4 Å². The van der Waals surface area contributed by atoms with Crippen LogP contribution >= 0.6 is 11.6 Å². The summed E-state index contributed by atoms with van der Waals surface area (Å²) in [5.74, 6) is 0.380. The first-order valence-corrected chi connectivity index (χ1v) is 6.75. The summed E-state index contributed by atoms with van der Waals surface area (Å²) in [6, 6.07) is 4.20. The van der Waals surface area contributed by atoms with Crippen molar-refractivity contribution in [2.24, 2.45) is 0 Å². The van der Waals surface area contributed by atoms with Crippen molar-refractivity contribution < 1.29 is 14.3 Å². The molecule has 0 spiro atoms. The Labute approximate surface area is 122 Å². The fraction of sp³-hybridized carbons (Fsp3) is 0.429. The highest BCUT2D eigenvalue weighted by Crippen LogP contribution is 2.25. The standard InChI is InChI=1S/C14H17ClN2O3/c1-8-14(19)17(9(2)13(18)16-8)7-10-6-11(15)4-5-12(10)20-3/h4-6,8-9H,7H2,1-3H3,(H,16,18). The molecule has 1 N–H and O–H groups in total. The Balaban J connectivity index is 2.30. The van der Waals surface area contributed by atoms with Gasteiger partial charge in [-0.15, -0.1) is 0 Å². The third-order valence-electron chi connectivity index (χ3n) is 3.44. The van der Waals surface area contributed by atoms with E-state index >= 15 is 0 Å². The van der Waals surface area contributed by atoms with Crippen molar-refractivity contribution >= 4 is 23.4 Å². The van der Waals surface area contributed by atoms with Gasteiger partial charge < -0.3 is 15.0 Å². The van der Waals surface area contributed by atoms with Crippen LogP contribution in [-0.2, 0) is 16.1 Å². The molecule has 1 saturated heterocycles. The summed E-state index contributed by atoms with van der Waals surface area (Å²) in [6.45, 7) is 3.67. The van der Waals surface area contributed by atoms with E-state index in [1.165, 1.54) is 4.90 Å². The molecular weight excluding hydrogens is 280 g/mol. The van der Waals surface area contributed by atoms with E-state index in [1.807, 2.05) is 0 Å². The minimum absolute atomic E-state index is 0.112. The van der Waals surface area contributed by atoms with Crippen molar-refractivity contribution in [2.75, 3.05) is 7.11 Å². The lowest BCUT2D eigenvalue weighted by Crippen LogP contribution is -2.60. The van der Waals surface area contributed by atoms with Crippen LogP contribution in [0, 0.1) is 0 Å². The third kappa shape index (κ3) is 2.72. The van der Waals surface area contributed by atoms with Gasteiger partial charge in [0.1, 0.15) is 17.8 Å². The lowest BCUT2D eigenvalue weighted by Gasteiger charge is -2.36. The highest BCUT2D eigenvalue weighted by molar-refractivity contribution is 6.30. The zero-order valence-electron chi connectivity index (χ0n) is 11.6. The molecule has 0 bridgehead atoms. The zero-order chi connectivity index (χ0) is 14.9. The second kappa shape index (κ2) is 5.71. The Morgan fingerprint density at radius 2 is 2.05 bits per heavy atom. The highest BCUT2D eigenvalue weighted by Gasteiger charge is 2.35. The Hall–Kier alpha value is -1.75. The van der Waals surface area contributed by atoms with E-state index in [0.29, 0.717) is 17.3 Å². The number of carbonyl (C=O) groups is 2. The molecule has 0 saturated carbocycles. The van der Waals surface area contributed by atoms with Gasteiger partial charge in [0.05, 0.1) is 13.7 Å². The van der Waals surface area contributed by atoms with E-state index < -0.39 is 12.1 Å². The van der Waals surface area contributed by atoms with Gasteiger partial charge in [0.2, 0.25) is 11.8 Å². The summed E-state index contributed by atoms with van der Waals surface area (Å²) in [5.41, 5.74) is 0.780. The monoisotopic (exact) mass is 296 g/mol. The summed E-state index contributed by atoms with van der Waals surface area (Å²) in [7, 11) is 1.56. The van der Waals surface area contributed by atoms with Crippen LogP contribution < -0.4 is 10.1 Å². The van der Waals surface area contributed by atoms with Crippen molar-refractivity contribution in [1.29, 1.82) is 0 Å². The molecule has 2 amide bonds. The Bertz CT molecular complexity index is 547. The van der Waals surface area contributed by atoms with Gasteiger partial charge in [-0.1, -0.05) is 11.6 Å². The number of piperazine rings is 1. The largest absolute Gasteiger partial charge is 0.496 e. The molecule has 0 aliphatic carbocycles. The van der Waals surface area contributed by atoms with E-state index in [2.05, 4.69) is 5.32 Å². The molecule has 2 rings (SSSR count). The van der Waals surface area contributed by atoms with Gasteiger partial charge in [0, 0.05) is 10.6 Å². The minimum Gasteiger partial charge on any atom is -0.496 e. The van der Waals surface area contributed by atoms with Crippen molar-refractivity contribution in [2.45, 2.75) is 32.5 Å². The van der Waals surface area contributed by atoms with E-state index in [9.17, 15) is 9.59 Å². The predicted molar refractivity (Wildman–Crippen MR) is 75.6 cm³/mol. The Morgan fingerprint density at radius 3 is 2.70 bits per heavy atom. The molecule has 1 fully saturated rings. The number of rotatable bonds is 3. The summed E-state index contributed by atoms with van der Waals surface area (Å²) in [4.78, 5) is 25.6. The van der Waals surface area contributed by atoms with Gasteiger partial charge in [-0.3, -0.25) is 9.59 Å². The average molecular weight is 297 g/mol. The average Bonchev–Trinajstić information content (AvgIpc) is 2.41. The molecule has 1 aromatic carbocycles. The molecule has 0 radical (unpaired) electrons. The van der Waals surface area contributed by atoms with E-state index in [-0.39, 0.29) is 11.8 Å². The molecule has 6 heteroatoms. The van der Waals surface area contributed by atoms with Crippen LogP contribution in [0.5, 0.6) is 5.75 Å². The molecule has 1 aliphatic rings. The second-order valence-corrected chi connectivity index (χ2v) is 5.26. The van der Waals surface area contributed by atoms with E-state index in [4.69, 9.17) is 16.3 Å². The van der Waals surface area contributed by atoms with Gasteiger partial charge in [0.15, 0.2) is 0 Å². The van der Waals surface area contributed by atoms with E-state index in [0.717, 1.165) is 5.56 Å². The molecule has 20 heavy (non-hydrogen) atoms. The number of ether oxygens (including phenoxy) is 1. The topological polar surface area (TPSA) is 58.6 Å². The number of hydrogen-bond acceptors (Lipinski definition) is 3. The van der Waals surface area contributed by atoms with Crippen LogP contribution in [0.4, 0.5) is 0 Å². The second-order valence-electron chi connectivity index (χ2n) is 4.83. The van der Waals surface area contributed by atoms with Gasteiger partial charge in [-0.2, -0.15) is 0 Å². The number of carbonyl (C=O) groups excluding carboxylic acids is 2. The molecular formula is C14H17ClN2O3. The first-order chi connectivity index (χ1) is 9.43. The van der Waals surface area contributed by atoms with Gasteiger partial charge >= 0.3 is 0 Å².